The van der Waals surface area contributed by atoms with Gasteiger partial charge in [-0.1, -0.05) is 49.1 Å². The van der Waals surface area contributed by atoms with Crippen LogP contribution in [0.15, 0.2) is 44.9 Å². The smallest absolute Gasteiger partial charge is 0.254 e. The number of primary amides is 1. The number of hydrogen-bond donors (Lipinski definition) is 3. The molecule has 24 heavy (non-hydrogen) atoms. The third kappa shape index (κ3) is 6.52. The van der Waals surface area contributed by atoms with Crippen molar-refractivity contribution >= 4 is 24.8 Å². The van der Waals surface area contributed by atoms with Gasteiger partial charge in [0.05, 0.1) is 4.91 Å². The van der Waals surface area contributed by atoms with Crippen molar-refractivity contribution in [2.75, 3.05) is 0 Å². The summed E-state index contributed by atoms with van der Waals surface area (Å²) < 4.78 is 0. The number of nitrogens with two attached hydrogens (primary N) is 1. The van der Waals surface area contributed by atoms with Crippen LogP contribution in [0.25, 0.3) is 0 Å². The van der Waals surface area contributed by atoms with Crippen LogP contribution in [0.4, 0.5) is 0 Å². The molecule has 0 aliphatic carbocycles. The summed E-state index contributed by atoms with van der Waals surface area (Å²) >= 11 is 4.08. The van der Waals surface area contributed by atoms with Crippen LogP contribution in [0.1, 0.15) is 54.9 Å². The normalized spacial score (nSPS) is 17.7. The highest BCUT2D eigenvalue weighted by molar-refractivity contribution is 7.85. The van der Waals surface area contributed by atoms with E-state index in [-0.39, 0.29) is 10.8 Å². The summed E-state index contributed by atoms with van der Waals surface area (Å²) in [5.74, 6) is -0.0270. The van der Waals surface area contributed by atoms with E-state index in [4.69, 9.17) is 11.1 Å². The molecule has 2 atom stereocenters. The zero-order valence-electron chi connectivity index (χ0n) is 16.0. The molecule has 0 spiro atoms. The number of allylic oxidation sites excluding steroid dienone is 7. The third-order valence-corrected chi connectivity index (χ3v) is 5.30. The topological polar surface area (TPSA) is 66.9 Å². The van der Waals surface area contributed by atoms with E-state index < -0.39 is 5.91 Å². The molecule has 3 N–H and O–H groups in total. The Hall–Kier alpha value is -1.55. The number of carbonyl (C=O) groups is 1. The van der Waals surface area contributed by atoms with Gasteiger partial charge in [-0.25, -0.2) is 0 Å². The largest absolute Gasteiger partial charge is 0.365 e. The van der Waals surface area contributed by atoms with E-state index in [1.165, 1.54) is 22.9 Å². The van der Waals surface area contributed by atoms with Crippen LogP contribution in [-0.2, 0) is 4.79 Å². The van der Waals surface area contributed by atoms with Crippen LogP contribution >= 0.6 is 12.6 Å². The standard InChI is InChI=1S/C20H32N2OS/c1-8-12(2)13(3)9-14(4)15(5)16(6)17(7)18(11-21)10-19(24)20(22)23/h9-11,15-16,21,24H,8H2,1-7H3,(H2,22,23)/b13-12+,14-9-,18-17-,19-10-,21-11?/t15-,16-/m1/s1. The summed E-state index contributed by atoms with van der Waals surface area (Å²) in [6, 6.07) is 0. The Balaban J connectivity index is 5.66. The fourth-order valence-electron chi connectivity index (χ4n) is 2.39. The van der Waals surface area contributed by atoms with Crippen molar-refractivity contribution in [3.05, 3.63) is 44.9 Å². The van der Waals surface area contributed by atoms with E-state index in [9.17, 15) is 4.79 Å². The summed E-state index contributed by atoms with van der Waals surface area (Å²) in [5.41, 5.74) is 11.0. The second kappa shape index (κ2) is 10.3. The molecule has 134 valence electrons. The maximum atomic E-state index is 11.2. The van der Waals surface area contributed by atoms with Crippen molar-refractivity contribution in [1.29, 1.82) is 5.41 Å². The van der Waals surface area contributed by atoms with Crippen molar-refractivity contribution in [3.63, 3.8) is 0 Å². The van der Waals surface area contributed by atoms with E-state index in [0.29, 0.717) is 11.5 Å². The molecule has 0 aromatic heterocycles. The van der Waals surface area contributed by atoms with Gasteiger partial charge in [-0.15, -0.1) is 12.6 Å². The van der Waals surface area contributed by atoms with E-state index >= 15 is 0 Å². The fraction of sp³-hybridized carbons (Fsp3) is 0.500. The van der Waals surface area contributed by atoms with Gasteiger partial charge in [-0.2, -0.15) is 0 Å². The summed E-state index contributed by atoms with van der Waals surface area (Å²) in [6.07, 6.45) is 6.13. The molecule has 0 saturated heterocycles. The highest BCUT2D eigenvalue weighted by Crippen LogP contribution is 2.29. The highest BCUT2D eigenvalue weighted by Gasteiger charge is 2.18. The molecule has 0 rings (SSSR count). The maximum Gasteiger partial charge on any atom is 0.254 e. The second-order valence-corrected chi connectivity index (χ2v) is 6.94. The van der Waals surface area contributed by atoms with Crippen molar-refractivity contribution in [1.82, 2.24) is 0 Å². The van der Waals surface area contributed by atoms with Crippen molar-refractivity contribution in [3.8, 4) is 0 Å². The number of hydrogen-bond acceptors (Lipinski definition) is 3. The van der Waals surface area contributed by atoms with Gasteiger partial charge < -0.3 is 11.1 Å². The molecule has 4 heteroatoms. The van der Waals surface area contributed by atoms with E-state index in [1.54, 1.807) is 6.08 Å². The Bertz CT molecular complexity index is 609. The van der Waals surface area contributed by atoms with Gasteiger partial charge in [0.2, 0.25) is 0 Å². The van der Waals surface area contributed by atoms with Crippen LogP contribution < -0.4 is 5.73 Å². The second-order valence-electron chi connectivity index (χ2n) is 6.46. The molecule has 0 heterocycles. The number of rotatable bonds is 8. The molecule has 0 saturated carbocycles. The summed E-state index contributed by atoms with van der Waals surface area (Å²) in [4.78, 5) is 11.3. The lowest BCUT2D eigenvalue weighted by atomic mass is 9.82. The lowest BCUT2D eigenvalue weighted by Gasteiger charge is -2.23. The molecule has 3 nitrogen and oxygen atoms in total. The molecule has 0 aliphatic heterocycles. The van der Waals surface area contributed by atoms with Crippen LogP contribution in [-0.4, -0.2) is 12.1 Å². The monoisotopic (exact) mass is 348 g/mol. The molecular formula is C20H32N2OS. The van der Waals surface area contributed by atoms with E-state index in [2.05, 4.69) is 60.2 Å². The summed E-state index contributed by atoms with van der Waals surface area (Å²) in [7, 11) is 0. The molecule has 0 fully saturated rings. The van der Waals surface area contributed by atoms with Gasteiger partial charge in [0, 0.05) is 6.21 Å². The molecular weight excluding hydrogens is 316 g/mol. The number of nitrogens with one attached hydrogen (secondary N) is 1. The zero-order chi connectivity index (χ0) is 19.0. The molecule has 0 unspecified atom stereocenters. The Labute approximate surface area is 152 Å². The lowest BCUT2D eigenvalue weighted by Crippen LogP contribution is -2.14. The first-order valence-electron chi connectivity index (χ1n) is 8.32. The molecule has 0 aromatic carbocycles. The first-order valence-corrected chi connectivity index (χ1v) is 8.77. The van der Waals surface area contributed by atoms with Gasteiger partial charge >= 0.3 is 0 Å². The SMILES string of the molecule is CC/C(C)=C(C)/C=C(/C)[C@@H](C)[C@@H](C)/C(C)=C(C=N)/C=C(\S)C(N)=O. The highest BCUT2D eigenvalue weighted by atomic mass is 32.1. The Morgan fingerprint density at radius 1 is 1.12 bits per heavy atom. The third-order valence-electron chi connectivity index (χ3n) is 4.95. The molecule has 0 bridgehead atoms. The number of thiol groups is 1. The average Bonchev–Trinajstić information content (AvgIpc) is 2.55. The van der Waals surface area contributed by atoms with Crippen molar-refractivity contribution < 1.29 is 4.79 Å². The maximum absolute atomic E-state index is 11.2. The summed E-state index contributed by atoms with van der Waals surface area (Å²) in [5, 5.41) is 7.62. The Morgan fingerprint density at radius 3 is 2.08 bits per heavy atom. The quantitative estimate of drug-likeness (QED) is 0.239. The van der Waals surface area contributed by atoms with Gasteiger partial charge in [-0.3, -0.25) is 4.79 Å². The number of amides is 1. The van der Waals surface area contributed by atoms with Crippen LogP contribution in [0, 0.1) is 17.2 Å². The Kier molecular flexibility index (Phi) is 9.67. The summed E-state index contributed by atoms with van der Waals surface area (Å²) in [6.45, 7) is 14.9. The van der Waals surface area contributed by atoms with Crippen molar-refractivity contribution in [2.45, 2.75) is 54.9 Å². The minimum atomic E-state index is -0.585. The average molecular weight is 349 g/mol. The zero-order valence-corrected chi connectivity index (χ0v) is 16.9. The molecule has 1 amide bonds. The first-order chi connectivity index (χ1) is 11.1. The van der Waals surface area contributed by atoms with Gasteiger partial charge in [0.15, 0.2) is 0 Å². The van der Waals surface area contributed by atoms with E-state index in [0.717, 1.165) is 12.0 Å². The van der Waals surface area contributed by atoms with Gasteiger partial charge in [0.1, 0.15) is 0 Å². The van der Waals surface area contributed by atoms with E-state index in [1.807, 2.05) is 6.92 Å². The lowest BCUT2D eigenvalue weighted by molar-refractivity contribution is -0.113. The van der Waals surface area contributed by atoms with Crippen LogP contribution in [0.5, 0.6) is 0 Å². The predicted octanol–water partition coefficient (Wildman–Crippen LogP) is 5.22. The fourth-order valence-corrected chi connectivity index (χ4v) is 2.53. The van der Waals surface area contributed by atoms with Crippen LogP contribution in [0.2, 0.25) is 0 Å². The molecule has 0 radical (unpaired) electrons. The first kappa shape index (κ1) is 22.4. The van der Waals surface area contributed by atoms with Crippen LogP contribution in [0.3, 0.4) is 0 Å². The van der Waals surface area contributed by atoms with Crippen molar-refractivity contribution in [2.24, 2.45) is 17.6 Å². The van der Waals surface area contributed by atoms with Gasteiger partial charge in [-0.05, 0) is 57.6 Å². The molecule has 0 aliphatic rings. The number of carbonyl (C=O) groups excluding carboxylic acids is 1. The Morgan fingerprint density at radius 2 is 1.67 bits per heavy atom. The molecule has 0 aromatic rings. The van der Waals surface area contributed by atoms with Gasteiger partial charge in [0.25, 0.3) is 5.91 Å². The predicted molar refractivity (Wildman–Crippen MR) is 108 cm³/mol. The minimum absolute atomic E-state index is 0.164. The minimum Gasteiger partial charge on any atom is -0.365 e.